The Balaban J connectivity index is 1.73. The smallest absolute Gasteiger partial charge is 0.416 e. The molecule has 0 saturated carbocycles. The predicted octanol–water partition coefficient (Wildman–Crippen LogP) is 7.80. The number of aryl methyl sites for hydroxylation is 2. The molecule has 1 N–H and O–H groups in total. The molecule has 0 radical (unpaired) electrons. The van der Waals surface area contributed by atoms with E-state index in [9.17, 15) is 18.0 Å². The SMILES string of the molecule is C=C(CCC(=O)O)Sc1c(C)ccc(OCc2sc(-c3ccc(C(F)(F)F)cc3)nc2C)c1C. The van der Waals surface area contributed by atoms with Gasteiger partial charge in [-0.1, -0.05) is 36.5 Å². The molecule has 0 aliphatic carbocycles. The number of thiazole rings is 1. The molecule has 3 rings (SSSR count). The quantitative estimate of drug-likeness (QED) is 0.299. The fourth-order valence-corrected chi connectivity index (χ4v) is 5.15. The Morgan fingerprint density at radius 1 is 1.12 bits per heavy atom. The van der Waals surface area contributed by atoms with Gasteiger partial charge in [0, 0.05) is 22.4 Å². The van der Waals surface area contributed by atoms with Gasteiger partial charge < -0.3 is 9.84 Å². The number of halogens is 3. The Hall–Kier alpha value is -2.78. The second-order valence-corrected chi connectivity index (χ2v) is 10.0. The normalized spacial score (nSPS) is 11.5. The van der Waals surface area contributed by atoms with Crippen LogP contribution in [0.1, 0.15) is 40.1 Å². The molecule has 0 fully saturated rings. The monoisotopic (exact) mass is 507 g/mol. The summed E-state index contributed by atoms with van der Waals surface area (Å²) in [4.78, 5) is 18.0. The highest BCUT2D eigenvalue weighted by molar-refractivity contribution is 8.03. The van der Waals surface area contributed by atoms with Crippen molar-refractivity contribution in [3.63, 3.8) is 0 Å². The first-order valence-electron chi connectivity index (χ1n) is 10.4. The number of rotatable bonds is 9. The predicted molar refractivity (Wildman–Crippen MR) is 129 cm³/mol. The number of benzene rings is 2. The number of aromatic nitrogens is 1. The van der Waals surface area contributed by atoms with Gasteiger partial charge in [-0.2, -0.15) is 13.2 Å². The van der Waals surface area contributed by atoms with Gasteiger partial charge in [0.25, 0.3) is 0 Å². The third-order valence-corrected chi connectivity index (χ3v) is 7.63. The summed E-state index contributed by atoms with van der Waals surface area (Å²) in [5.74, 6) is -0.161. The highest BCUT2D eigenvalue weighted by atomic mass is 32.2. The van der Waals surface area contributed by atoms with Gasteiger partial charge in [-0.25, -0.2) is 4.98 Å². The minimum atomic E-state index is -4.37. The van der Waals surface area contributed by atoms with Crippen molar-refractivity contribution in [2.75, 3.05) is 0 Å². The molecule has 1 aromatic heterocycles. The molecule has 2 aromatic carbocycles. The van der Waals surface area contributed by atoms with Gasteiger partial charge in [0.2, 0.25) is 0 Å². The summed E-state index contributed by atoms with van der Waals surface area (Å²) in [6.45, 7) is 10.0. The number of carbonyl (C=O) groups is 1. The Labute approximate surface area is 204 Å². The molecule has 34 heavy (non-hydrogen) atoms. The molecule has 1 heterocycles. The van der Waals surface area contributed by atoms with E-state index in [2.05, 4.69) is 11.6 Å². The summed E-state index contributed by atoms with van der Waals surface area (Å²) >= 11 is 2.84. The molecule has 4 nitrogen and oxygen atoms in total. The molecule has 0 unspecified atom stereocenters. The van der Waals surface area contributed by atoms with Gasteiger partial charge in [0.05, 0.1) is 16.1 Å². The van der Waals surface area contributed by atoms with Crippen LogP contribution in [0.25, 0.3) is 10.6 Å². The number of hydrogen-bond acceptors (Lipinski definition) is 5. The van der Waals surface area contributed by atoms with E-state index in [1.54, 1.807) is 0 Å². The van der Waals surface area contributed by atoms with Crippen LogP contribution in [0.4, 0.5) is 13.2 Å². The van der Waals surface area contributed by atoms with E-state index >= 15 is 0 Å². The summed E-state index contributed by atoms with van der Waals surface area (Å²) in [6, 6.07) is 8.81. The average Bonchev–Trinajstić information content (AvgIpc) is 3.14. The number of ether oxygens (including phenoxy) is 1. The minimum Gasteiger partial charge on any atom is -0.488 e. The number of allylic oxidation sites excluding steroid dienone is 1. The van der Waals surface area contributed by atoms with Gasteiger partial charge in [0.15, 0.2) is 0 Å². The Bertz CT molecular complexity index is 1200. The van der Waals surface area contributed by atoms with Crippen LogP contribution in [0.5, 0.6) is 5.75 Å². The second-order valence-electron chi connectivity index (χ2n) is 7.76. The summed E-state index contributed by atoms with van der Waals surface area (Å²) in [6.07, 6.45) is -3.95. The average molecular weight is 508 g/mol. The molecule has 180 valence electrons. The first-order valence-corrected chi connectivity index (χ1v) is 12.0. The highest BCUT2D eigenvalue weighted by Gasteiger charge is 2.30. The van der Waals surface area contributed by atoms with Gasteiger partial charge in [-0.05, 0) is 55.9 Å². The van der Waals surface area contributed by atoms with Crippen molar-refractivity contribution < 1.29 is 27.8 Å². The van der Waals surface area contributed by atoms with Gasteiger partial charge in [-0.15, -0.1) is 11.3 Å². The van der Waals surface area contributed by atoms with Crippen LogP contribution in [0.15, 0.2) is 52.8 Å². The van der Waals surface area contributed by atoms with Crippen molar-refractivity contribution in [3.8, 4) is 16.3 Å². The van der Waals surface area contributed by atoms with Crippen LogP contribution in [-0.4, -0.2) is 16.1 Å². The minimum absolute atomic E-state index is 0.0338. The summed E-state index contributed by atoms with van der Waals surface area (Å²) in [5, 5.41) is 9.52. The molecule has 0 spiro atoms. The molecule has 0 amide bonds. The number of nitrogens with zero attached hydrogens (tertiary/aromatic N) is 1. The Kier molecular flexibility index (Phi) is 8.09. The largest absolute Gasteiger partial charge is 0.488 e. The number of thioether (sulfide) groups is 1. The molecule has 0 atom stereocenters. The van der Waals surface area contributed by atoms with Crippen molar-refractivity contribution in [2.45, 2.75) is 51.3 Å². The van der Waals surface area contributed by atoms with Crippen molar-refractivity contribution in [3.05, 3.63) is 75.1 Å². The van der Waals surface area contributed by atoms with E-state index in [1.165, 1.54) is 35.2 Å². The summed E-state index contributed by atoms with van der Waals surface area (Å²) in [7, 11) is 0. The lowest BCUT2D eigenvalue weighted by molar-refractivity contribution is -0.138. The van der Waals surface area contributed by atoms with E-state index < -0.39 is 17.7 Å². The van der Waals surface area contributed by atoms with E-state index in [0.717, 1.165) is 43.6 Å². The Morgan fingerprint density at radius 3 is 2.41 bits per heavy atom. The zero-order valence-corrected chi connectivity index (χ0v) is 20.6. The van der Waals surface area contributed by atoms with Crippen molar-refractivity contribution in [1.82, 2.24) is 4.98 Å². The van der Waals surface area contributed by atoms with E-state index in [-0.39, 0.29) is 13.0 Å². The third-order valence-electron chi connectivity index (χ3n) is 5.13. The van der Waals surface area contributed by atoms with Crippen molar-refractivity contribution in [2.24, 2.45) is 0 Å². The van der Waals surface area contributed by atoms with Crippen LogP contribution in [-0.2, 0) is 17.6 Å². The van der Waals surface area contributed by atoms with E-state index in [4.69, 9.17) is 9.84 Å². The van der Waals surface area contributed by atoms with E-state index in [1.807, 2.05) is 32.9 Å². The highest BCUT2D eigenvalue weighted by Crippen LogP contribution is 2.38. The van der Waals surface area contributed by atoms with Crippen LogP contribution in [0.2, 0.25) is 0 Å². The standard InChI is InChI=1S/C25H24F3NO3S2/c1-14-5-11-20(16(3)23(14)33-15(2)6-12-22(30)31)32-13-21-17(4)29-24(34-21)18-7-9-19(10-8-18)25(26,27)28/h5,7-11H,2,6,12-13H2,1,3-4H3,(H,30,31). The summed E-state index contributed by atoms with van der Waals surface area (Å²) in [5.41, 5.74) is 2.68. The zero-order valence-electron chi connectivity index (χ0n) is 19.0. The van der Waals surface area contributed by atoms with Crippen LogP contribution >= 0.6 is 23.1 Å². The van der Waals surface area contributed by atoms with Gasteiger partial charge >= 0.3 is 12.1 Å². The molecular weight excluding hydrogens is 483 g/mol. The molecule has 0 aliphatic rings. The number of hydrogen-bond donors (Lipinski definition) is 1. The van der Waals surface area contributed by atoms with Crippen LogP contribution in [0, 0.1) is 20.8 Å². The van der Waals surface area contributed by atoms with Gasteiger partial charge in [-0.3, -0.25) is 4.79 Å². The maximum atomic E-state index is 12.8. The lowest BCUT2D eigenvalue weighted by Crippen LogP contribution is -2.03. The second kappa shape index (κ2) is 10.7. The van der Waals surface area contributed by atoms with Crippen molar-refractivity contribution >= 4 is 29.1 Å². The number of carboxylic acid groups (broad SMARTS) is 1. The molecule has 9 heteroatoms. The van der Waals surface area contributed by atoms with Gasteiger partial charge in [0.1, 0.15) is 17.4 Å². The first kappa shape index (κ1) is 25.8. The molecular formula is C25H24F3NO3S2. The molecule has 3 aromatic rings. The summed E-state index contributed by atoms with van der Waals surface area (Å²) < 4.78 is 44.5. The van der Waals surface area contributed by atoms with E-state index in [0.29, 0.717) is 22.7 Å². The number of aliphatic carboxylic acids is 1. The molecule has 0 bridgehead atoms. The lowest BCUT2D eigenvalue weighted by atomic mass is 10.1. The topological polar surface area (TPSA) is 59.4 Å². The third kappa shape index (κ3) is 6.42. The molecule has 0 saturated heterocycles. The Morgan fingerprint density at radius 2 is 1.79 bits per heavy atom. The first-order chi connectivity index (χ1) is 16.0. The number of alkyl halides is 3. The maximum absolute atomic E-state index is 12.8. The van der Waals surface area contributed by atoms with Crippen molar-refractivity contribution in [1.29, 1.82) is 0 Å². The van der Waals surface area contributed by atoms with Crippen LogP contribution in [0.3, 0.4) is 0 Å². The zero-order chi connectivity index (χ0) is 25.0. The number of carboxylic acids is 1. The maximum Gasteiger partial charge on any atom is 0.416 e. The fraction of sp³-hybridized carbons (Fsp3) is 0.280. The molecule has 0 aliphatic heterocycles. The lowest BCUT2D eigenvalue weighted by Gasteiger charge is -2.15. The van der Waals surface area contributed by atoms with Crippen LogP contribution < -0.4 is 4.74 Å². The fourth-order valence-electron chi connectivity index (χ4n) is 3.19.